The SMILES string of the molecule is O=C(NCc1cccc(C(F)(F)F)c1F)NC(Cc1ccccc1)c1nc(-c2ccc3[nH]c(=O)cc(O)c3c2)c(Cl)[nH]1. The minimum atomic E-state index is -4.87. The van der Waals surface area contributed by atoms with Gasteiger partial charge in [-0.25, -0.2) is 14.2 Å². The maximum atomic E-state index is 14.4. The summed E-state index contributed by atoms with van der Waals surface area (Å²) < 4.78 is 53.7. The van der Waals surface area contributed by atoms with Crippen LogP contribution in [0.25, 0.3) is 22.2 Å². The molecular weight excluding hydrogens is 578 g/mol. The smallest absolute Gasteiger partial charge is 0.419 e. The third kappa shape index (κ3) is 6.23. The normalized spacial score (nSPS) is 12.3. The number of H-pyrrole nitrogens is 2. The van der Waals surface area contributed by atoms with Crippen LogP contribution in [0.5, 0.6) is 5.75 Å². The van der Waals surface area contributed by atoms with Gasteiger partial charge in [0.15, 0.2) is 0 Å². The van der Waals surface area contributed by atoms with Crippen molar-refractivity contribution in [1.29, 1.82) is 0 Å². The first kappa shape index (κ1) is 28.7. The first-order valence-corrected chi connectivity index (χ1v) is 12.9. The molecule has 5 aromatic rings. The van der Waals surface area contributed by atoms with Crippen LogP contribution in [0.4, 0.5) is 22.4 Å². The summed E-state index contributed by atoms with van der Waals surface area (Å²) in [6, 6.07) is 16.3. The molecule has 0 saturated heterocycles. The van der Waals surface area contributed by atoms with Crippen LogP contribution in [0, 0.1) is 5.82 Å². The zero-order valence-corrected chi connectivity index (χ0v) is 22.3. The van der Waals surface area contributed by atoms with Crippen LogP contribution in [-0.4, -0.2) is 26.1 Å². The number of aromatic nitrogens is 3. The van der Waals surface area contributed by atoms with Crippen molar-refractivity contribution in [3.8, 4) is 17.0 Å². The molecule has 0 aliphatic heterocycles. The standard InChI is InChI=1S/C29H22ClF4N5O3/c30-26-25(16-9-10-20-18(12-16)22(40)13-23(41)36-20)38-27(39-26)21(11-15-5-2-1-3-6-15)37-28(42)35-14-17-7-4-8-19(24(17)31)29(32,33)34/h1-10,12-13,21H,11,14H2,(H,38,39)(H2,35,37,42)(H2,36,40,41). The highest BCUT2D eigenvalue weighted by Gasteiger charge is 2.34. The van der Waals surface area contributed by atoms with Crippen molar-refractivity contribution in [2.75, 3.05) is 0 Å². The monoisotopic (exact) mass is 599 g/mol. The van der Waals surface area contributed by atoms with Gasteiger partial charge < -0.3 is 25.7 Å². The number of halogens is 5. The van der Waals surface area contributed by atoms with E-state index in [0.29, 0.717) is 28.2 Å². The fourth-order valence-corrected chi connectivity index (χ4v) is 4.74. The molecule has 8 nitrogen and oxygen atoms in total. The maximum absolute atomic E-state index is 14.4. The fourth-order valence-electron chi connectivity index (χ4n) is 4.49. The Labute approximate surface area is 240 Å². The van der Waals surface area contributed by atoms with Crippen molar-refractivity contribution < 1.29 is 27.5 Å². The molecule has 2 heterocycles. The highest BCUT2D eigenvalue weighted by atomic mass is 35.5. The Morgan fingerprint density at radius 3 is 2.52 bits per heavy atom. The molecule has 42 heavy (non-hydrogen) atoms. The van der Waals surface area contributed by atoms with E-state index in [1.807, 2.05) is 30.3 Å². The minimum Gasteiger partial charge on any atom is -0.507 e. The van der Waals surface area contributed by atoms with E-state index in [1.54, 1.807) is 18.2 Å². The van der Waals surface area contributed by atoms with Crippen molar-refractivity contribution >= 4 is 28.5 Å². The summed E-state index contributed by atoms with van der Waals surface area (Å²) in [5, 5.41) is 15.9. The molecule has 2 aromatic heterocycles. The number of pyridine rings is 1. The number of urea groups is 1. The highest BCUT2D eigenvalue weighted by Crippen LogP contribution is 2.33. The second-order valence-electron chi connectivity index (χ2n) is 9.41. The molecule has 3 aromatic carbocycles. The van der Waals surface area contributed by atoms with Crippen LogP contribution in [0.3, 0.4) is 0 Å². The van der Waals surface area contributed by atoms with Gasteiger partial charge in [-0.15, -0.1) is 0 Å². The van der Waals surface area contributed by atoms with Crippen molar-refractivity contribution in [1.82, 2.24) is 25.6 Å². The maximum Gasteiger partial charge on any atom is 0.419 e. The molecule has 216 valence electrons. The number of carbonyl (C=O) groups excluding carboxylic acids is 1. The molecule has 0 saturated carbocycles. The molecule has 0 spiro atoms. The number of nitrogens with one attached hydrogen (secondary N) is 4. The van der Waals surface area contributed by atoms with Crippen molar-refractivity contribution in [3.63, 3.8) is 0 Å². The van der Waals surface area contributed by atoms with Gasteiger partial charge in [0.05, 0.1) is 17.1 Å². The van der Waals surface area contributed by atoms with E-state index < -0.39 is 41.7 Å². The summed E-state index contributed by atoms with van der Waals surface area (Å²) in [5.74, 6) is -1.41. The number of nitrogens with zero attached hydrogens (tertiary/aromatic N) is 1. The van der Waals surface area contributed by atoms with Crippen LogP contribution in [0.1, 0.15) is 28.6 Å². The number of benzene rings is 3. The third-order valence-corrected chi connectivity index (χ3v) is 6.79. The number of alkyl halides is 3. The molecule has 5 N–H and O–H groups in total. The molecule has 0 fully saturated rings. The van der Waals surface area contributed by atoms with Gasteiger partial charge in [-0.05, 0) is 30.2 Å². The number of amides is 2. The van der Waals surface area contributed by atoms with Gasteiger partial charge in [0.2, 0.25) is 0 Å². The van der Waals surface area contributed by atoms with Crippen LogP contribution < -0.4 is 16.2 Å². The van der Waals surface area contributed by atoms with Gasteiger partial charge in [-0.3, -0.25) is 4.79 Å². The van der Waals surface area contributed by atoms with Gasteiger partial charge in [0, 0.05) is 29.1 Å². The van der Waals surface area contributed by atoms with Gasteiger partial charge in [0.25, 0.3) is 5.56 Å². The van der Waals surface area contributed by atoms with Crippen molar-refractivity contribution in [2.24, 2.45) is 0 Å². The van der Waals surface area contributed by atoms with Crippen LogP contribution in [-0.2, 0) is 19.1 Å². The van der Waals surface area contributed by atoms with E-state index in [2.05, 4.69) is 25.6 Å². The van der Waals surface area contributed by atoms with E-state index in [1.165, 1.54) is 0 Å². The molecule has 5 rings (SSSR count). The lowest BCUT2D eigenvalue weighted by Crippen LogP contribution is -2.39. The Balaban J connectivity index is 1.40. The van der Waals surface area contributed by atoms with E-state index >= 15 is 0 Å². The summed E-state index contributed by atoms with van der Waals surface area (Å²) >= 11 is 6.49. The lowest BCUT2D eigenvalue weighted by Gasteiger charge is -2.18. The second-order valence-corrected chi connectivity index (χ2v) is 9.79. The average molecular weight is 600 g/mol. The van der Waals surface area contributed by atoms with Crippen molar-refractivity contribution in [2.45, 2.75) is 25.2 Å². The predicted octanol–water partition coefficient (Wildman–Crippen LogP) is 6.22. The van der Waals surface area contributed by atoms with E-state index in [9.17, 15) is 32.3 Å². The predicted molar refractivity (Wildman–Crippen MR) is 148 cm³/mol. The van der Waals surface area contributed by atoms with Crippen molar-refractivity contribution in [3.05, 3.63) is 117 Å². The van der Waals surface area contributed by atoms with Crippen LogP contribution in [0.2, 0.25) is 5.15 Å². The molecule has 1 unspecified atom stereocenters. The quantitative estimate of drug-likeness (QED) is 0.143. The first-order chi connectivity index (χ1) is 20.0. The number of carbonyl (C=O) groups is 1. The van der Waals surface area contributed by atoms with E-state index in [0.717, 1.165) is 23.8 Å². The number of hydrogen-bond donors (Lipinski definition) is 5. The van der Waals surface area contributed by atoms with Gasteiger partial charge >= 0.3 is 12.2 Å². The summed E-state index contributed by atoms with van der Waals surface area (Å²) in [6.07, 6.45) is -4.62. The first-order valence-electron chi connectivity index (χ1n) is 12.5. The Morgan fingerprint density at radius 2 is 1.79 bits per heavy atom. The lowest BCUT2D eigenvalue weighted by atomic mass is 10.1. The molecule has 1 atom stereocenters. The van der Waals surface area contributed by atoms with Gasteiger partial charge in [-0.1, -0.05) is 60.1 Å². The van der Waals surface area contributed by atoms with Crippen LogP contribution in [0.15, 0.2) is 77.6 Å². The summed E-state index contributed by atoms with van der Waals surface area (Å²) in [4.78, 5) is 34.7. The summed E-state index contributed by atoms with van der Waals surface area (Å²) in [7, 11) is 0. The largest absolute Gasteiger partial charge is 0.507 e. The summed E-state index contributed by atoms with van der Waals surface area (Å²) in [6.45, 7) is -0.494. The fraction of sp³-hybridized carbons (Fsp3) is 0.138. The highest BCUT2D eigenvalue weighted by molar-refractivity contribution is 6.32. The Kier molecular flexibility index (Phi) is 7.90. The number of imidazole rings is 1. The number of aromatic amines is 2. The molecule has 13 heteroatoms. The Hall–Kier alpha value is -4.84. The zero-order valence-electron chi connectivity index (χ0n) is 21.5. The second kappa shape index (κ2) is 11.6. The molecule has 0 aliphatic rings. The Morgan fingerprint density at radius 1 is 1.02 bits per heavy atom. The number of aromatic hydroxyl groups is 1. The summed E-state index contributed by atoms with van der Waals surface area (Å²) in [5.41, 5.74) is -0.143. The topological polar surface area (TPSA) is 123 Å². The number of rotatable bonds is 7. The molecule has 2 amide bonds. The van der Waals surface area contributed by atoms with E-state index in [4.69, 9.17) is 11.6 Å². The number of fused-ring (bicyclic) bond motifs is 1. The minimum absolute atomic E-state index is 0.138. The Bertz CT molecular complexity index is 1820. The van der Waals surface area contributed by atoms with Crippen LogP contribution >= 0.6 is 11.6 Å². The molecule has 0 radical (unpaired) electrons. The lowest BCUT2D eigenvalue weighted by molar-refractivity contribution is -0.140. The molecule has 0 bridgehead atoms. The molecule has 0 aliphatic carbocycles. The number of hydrogen-bond acceptors (Lipinski definition) is 4. The zero-order chi connectivity index (χ0) is 30.0. The third-order valence-electron chi connectivity index (χ3n) is 6.51. The van der Waals surface area contributed by atoms with Gasteiger partial charge in [0.1, 0.15) is 28.2 Å². The van der Waals surface area contributed by atoms with Gasteiger partial charge in [-0.2, -0.15) is 13.2 Å². The van der Waals surface area contributed by atoms with E-state index in [-0.39, 0.29) is 28.7 Å². The average Bonchev–Trinajstić information content (AvgIpc) is 3.33. The molecular formula is C29H22ClF4N5O3.